The third kappa shape index (κ3) is 6.00. The van der Waals surface area contributed by atoms with E-state index in [0.29, 0.717) is 24.2 Å². The number of carbonyl (C=O) groups is 2. The molecule has 0 spiro atoms. The van der Waals surface area contributed by atoms with Crippen LogP contribution in [-0.4, -0.2) is 37.6 Å². The van der Waals surface area contributed by atoms with E-state index in [2.05, 4.69) is 10.6 Å². The summed E-state index contributed by atoms with van der Waals surface area (Å²) in [7, 11) is -3.54. The summed E-state index contributed by atoms with van der Waals surface area (Å²) < 4.78 is 31.7. The first-order chi connectivity index (χ1) is 16.4. The van der Waals surface area contributed by atoms with Gasteiger partial charge in [-0.05, 0) is 60.9 Å². The van der Waals surface area contributed by atoms with E-state index in [9.17, 15) is 18.0 Å². The Labute approximate surface area is 198 Å². The van der Waals surface area contributed by atoms with E-state index in [1.807, 2.05) is 30.3 Å². The molecule has 2 aromatic carbocycles. The molecule has 1 fully saturated rings. The molecule has 2 heterocycles. The Morgan fingerprint density at radius 1 is 0.882 bits per heavy atom. The molecule has 8 nitrogen and oxygen atoms in total. The molecular formula is C25H25N3O5S. The summed E-state index contributed by atoms with van der Waals surface area (Å²) in [6, 6.07) is 19.2. The Balaban J connectivity index is 1.27. The van der Waals surface area contributed by atoms with E-state index in [-0.39, 0.29) is 36.6 Å². The summed E-state index contributed by atoms with van der Waals surface area (Å²) in [4.78, 5) is 24.7. The summed E-state index contributed by atoms with van der Waals surface area (Å²) in [5.41, 5.74) is 1.98. The van der Waals surface area contributed by atoms with Crippen LogP contribution in [0.3, 0.4) is 0 Å². The molecule has 34 heavy (non-hydrogen) atoms. The van der Waals surface area contributed by atoms with Crippen LogP contribution in [0.25, 0.3) is 6.08 Å². The highest BCUT2D eigenvalue weighted by Gasteiger charge is 2.30. The molecule has 2 N–H and O–H groups in total. The van der Waals surface area contributed by atoms with Crippen LogP contribution in [0.5, 0.6) is 0 Å². The maximum absolute atomic E-state index is 12.7. The highest BCUT2D eigenvalue weighted by Crippen LogP contribution is 2.23. The number of furan rings is 1. The molecule has 1 aromatic heterocycles. The first kappa shape index (κ1) is 23.5. The number of piperidine rings is 1. The van der Waals surface area contributed by atoms with Crippen molar-refractivity contribution in [3.63, 3.8) is 0 Å². The largest absolute Gasteiger partial charge is 0.459 e. The van der Waals surface area contributed by atoms with Gasteiger partial charge >= 0.3 is 0 Å². The number of hydrogen-bond donors (Lipinski definition) is 2. The van der Waals surface area contributed by atoms with Gasteiger partial charge in [0.2, 0.25) is 15.9 Å². The summed E-state index contributed by atoms with van der Waals surface area (Å²) in [6.07, 6.45) is 3.90. The number of nitrogens with one attached hydrogen (secondary N) is 2. The van der Waals surface area contributed by atoms with Crippen molar-refractivity contribution in [1.29, 1.82) is 0 Å². The van der Waals surface area contributed by atoms with Gasteiger partial charge in [-0.15, -0.1) is 0 Å². The second kappa shape index (κ2) is 10.5. The van der Waals surface area contributed by atoms with Gasteiger partial charge in [0.25, 0.3) is 5.91 Å². The number of benzene rings is 2. The molecular weight excluding hydrogens is 454 g/mol. The predicted molar refractivity (Wildman–Crippen MR) is 130 cm³/mol. The van der Waals surface area contributed by atoms with Crippen molar-refractivity contribution >= 4 is 39.3 Å². The van der Waals surface area contributed by atoms with Crippen molar-refractivity contribution in [1.82, 2.24) is 4.31 Å². The molecule has 1 aliphatic heterocycles. The Morgan fingerprint density at radius 2 is 1.53 bits per heavy atom. The van der Waals surface area contributed by atoms with Crippen LogP contribution in [0.4, 0.5) is 11.4 Å². The van der Waals surface area contributed by atoms with Crippen LogP contribution in [-0.2, 0) is 14.8 Å². The molecule has 176 valence electrons. The first-order valence-corrected chi connectivity index (χ1v) is 12.4. The summed E-state index contributed by atoms with van der Waals surface area (Å²) in [5.74, 6) is -0.574. The fraction of sp³-hybridized carbons (Fsp3) is 0.200. The zero-order chi connectivity index (χ0) is 24.0. The fourth-order valence-electron chi connectivity index (χ4n) is 3.67. The van der Waals surface area contributed by atoms with Crippen molar-refractivity contribution in [2.24, 2.45) is 5.92 Å². The maximum Gasteiger partial charge on any atom is 0.291 e. The average molecular weight is 480 g/mol. The van der Waals surface area contributed by atoms with Gasteiger partial charge in [-0.3, -0.25) is 9.59 Å². The van der Waals surface area contributed by atoms with Crippen molar-refractivity contribution in [3.05, 3.63) is 89.7 Å². The van der Waals surface area contributed by atoms with Gasteiger partial charge < -0.3 is 15.1 Å². The van der Waals surface area contributed by atoms with E-state index >= 15 is 0 Å². The molecule has 1 saturated heterocycles. The van der Waals surface area contributed by atoms with E-state index in [4.69, 9.17) is 4.42 Å². The third-order valence-corrected chi connectivity index (χ3v) is 7.14. The Bertz CT molecular complexity index is 1250. The van der Waals surface area contributed by atoms with Crippen molar-refractivity contribution in [3.8, 4) is 0 Å². The van der Waals surface area contributed by atoms with Crippen molar-refractivity contribution in [2.75, 3.05) is 23.7 Å². The van der Waals surface area contributed by atoms with Gasteiger partial charge in [0.15, 0.2) is 5.76 Å². The normalized spacial score (nSPS) is 15.3. The average Bonchev–Trinajstić information content (AvgIpc) is 3.40. The topological polar surface area (TPSA) is 109 Å². The van der Waals surface area contributed by atoms with E-state index in [0.717, 1.165) is 5.56 Å². The molecule has 4 rings (SSSR count). The first-order valence-electron chi connectivity index (χ1n) is 10.9. The zero-order valence-electron chi connectivity index (χ0n) is 18.4. The lowest BCUT2D eigenvalue weighted by Gasteiger charge is -2.29. The second-order valence-corrected chi connectivity index (χ2v) is 9.75. The molecule has 3 aromatic rings. The SMILES string of the molecule is O=C(Nc1ccc(NC(=O)C2CCN(S(=O)(=O)/C=C/c3ccccc3)CC2)cc1)c1ccco1. The lowest BCUT2D eigenvalue weighted by molar-refractivity contribution is -0.120. The van der Waals surface area contributed by atoms with Gasteiger partial charge in [0.05, 0.1) is 6.26 Å². The molecule has 0 bridgehead atoms. The number of rotatable bonds is 7. The van der Waals surface area contributed by atoms with Gasteiger partial charge in [-0.1, -0.05) is 30.3 Å². The highest BCUT2D eigenvalue weighted by atomic mass is 32.2. The molecule has 0 radical (unpaired) electrons. The molecule has 2 amide bonds. The van der Waals surface area contributed by atoms with E-state index < -0.39 is 10.0 Å². The third-order valence-electron chi connectivity index (χ3n) is 5.57. The van der Waals surface area contributed by atoms with Crippen LogP contribution in [0.1, 0.15) is 29.0 Å². The Morgan fingerprint density at radius 3 is 2.15 bits per heavy atom. The van der Waals surface area contributed by atoms with Gasteiger partial charge in [-0.2, -0.15) is 4.31 Å². The number of amides is 2. The van der Waals surface area contributed by atoms with Crippen LogP contribution >= 0.6 is 0 Å². The molecule has 0 atom stereocenters. The number of anilines is 2. The molecule has 9 heteroatoms. The molecule has 0 saturated carbocycles. The van der Waals surface area contributed by atoms with E-state index in [1.165, 1.54) is 16.0 Å². The smallest absolute Gasteiger partial charge is 0.291 e. The van der Waals surface area contributed by atoms with Crippen LogP contribution < -0.4 is 10.6 Å². The quantitative estimate of drug-likeness (QED) is 0.528. The van der Waals surface area contributed by atoms with Crippen LogP contribution in [0.2, 0.25) is 0 Å². The van der Waals surface area contributed by atoms with Gasteiger partial charge in [0.1, 0.15) is 0 Å². The Kier molecular flexibility index (Phi) is 7.24. The number of nitrogens with zero attached hydrogens (tertiary/aromatic N) is 1. The lowest BCUT2D eigenvalue weighted by atomic mass is 9.97. The van der Waals surface area contributed by atoms with Gasteiger partial charge in [0, 0.05) is 35.8 Å². The highest BCUT2D eigenvalue weighted by molar-refractivity contribution is 7.92. The lowest BCUT2D eigenvalue weighted by Crippen LogP contribution is -2.40. The Hall–Kier alpha value is -3.69. The zero-order valence-corrected chi connectivity index (χ0v) is 19.2. The molecule has 1 aliphatic rings. The molecule has 0 unspecified atom stereocenters. The molecule has 0 aliphatic carbocycles. The van der Waals surface area contributed by atoms with Crippen LogP contribution in [0.15, 0.2) is 82.8 Å². The fourth-order valence-corrected chi connectivity index (χ4v) is 4.89. The maximum atomic E-state index is 12.7. The number of carbonyl (C=O) groups excluding carboxylic acids is 2. The van der Waals surface area contributed by atoms with Gasteiger partial charge in [-0.25, -0.2) is 8.42 Å². The van der Waals surface area contributed by atoms with Crippen molar-refractivity contribution in [2.45, 2.75) is 12.8 Å². The predicted octanol–water partition coefficient (Wildman–Crippen LogP) is 4.18. The van der Waals surface area contributed by atoms with Crippen LogP contribution in [0, 0.1) is 5.92 Å². The monoisotopic (exact) mass is 479 g/mol. The van der Waals surface area contributed by atoms with E-state index in [1.54, 1.807) is 42.5 Å². The standard InChI is InChI=1S/C25H25N3O5S/c29-24(26-21-8-10-22(11-9-21)27-25(30)23-7-4-17-33-23)20-12-15-28(16-13-20)34(31,32)18-14-19-5-2-1-3-6-19/h1-11,14,17-18,20H,12-13,15-16H2,(H,26,29)(H,27,30)/b18-14+. The minimum absolute atomic E-state index is 0.149. The summed E-state index contributed by atoms with van der Waals surface area (Å²) in [6.45, 7) is 0.578. The number of sulfonamides is 1. The minimum atomic E-state index is -3.54. The number of hydrogen-bond acceptors (Lipinski definition) is 5. The van der Waals surface area contributed by atoms with Crippen molar-refractivity contribution < 1.29 is 22.4 Å². The summed E-state index contributed by atoms with van der Waals surface area (Å²) in [5, 5.41) is 6.80. The summed E-state index contributed by atoms with van der Waals surface area (Å²) >= 11 is 0. The second-order valence-electron chi connectivity index (χ2n) is 7.93. The minimum Gasteiger partial charge on any atom is -0.459 e.